The van der Waals surface area contributed by atoms with E-state index in [0.29, 0.717) is 6.61 Å². The van der Waals surface area contributed by atoms with Crippen molar-refractivity contribution in [3.63, 3.8) is 0 Å². The van der Waals surface area contributed by atoms with Crippen molar-refractivity contribution in [2.24, 2.45) is 0 Å². The Hall–Kier alpha value is 0.110. The van der Waals surface area contributed by atoms with Crippen LogP contribution in [0.5, 0.6) is 0 Å². The zero-order valence-electron chi connectivity index (χ0n) is 7.02. The van der Waals surface area contributed by atoms with Gasteiger partial charge in [0, 0.05) is 4.75 Å². The fourth-order valence-electron chi connectivity index (χ4n) is 0.352. The van der Waals surface area contributed by atoms with Crippen molar-refractivity contribution in [3.05, 3.63) is 0 Å². The molecule has 0 aliphatic heterocycles. The molecule has 0 spiro atoms. The van der Waals surface area contributed by atoms with E-state index in [4.69, 9.17) is 16.3 Å². The minimum Gasteiger partial charge on any atom is -0.463 e. The van der Waals surface area contributed by atoms with Gasteiger partial charge in [-0.3, -0.25) is 4.79 Å². The van der Waals surface area contributed by atoms with Gasteiger partial charge in [-0.15, -0.1) is 11.6 Å². The van der Waals surface area contributed by atoms with E-state index < -0.39 is 0 Å². The summed E-state index contributed by atoms with van der Waals surface area (Å²) >= 11 is 6.90. The molecule has 0 rings (SSSR count). The first-order valence-corrected chi connectivity index (χ1v) is 5.04. The molecule has 0 aliphatic carbocycles. The number of hydrogen-bond acceptors (Lipinski definition) is 3. The van der Waals surface area contributed by atoms with Crippen molar-refractivity contribution in [2.45, 2.75) is 18.6 Å². The summed E-state index contributed by atoms with van der Waals surface area (Å²) in [4.78, 5) is 10.6. The Labute approximate surface area is 76.6 Å². The summed E-state index contributed by atoms with van der Waals surface area (Å²) in [5.74, 6) is -0.418. The molecule has 0 radical (unpaired) electrons. The molecule has 0 unspecified atom stereocenters. The smallest absolute Gasteiger partial charge is 0.320 e. The van der Waals surface area contributed by atoms with E-state index in [1.54, 1.807) is 11.8 Å². The lowest BCUT2D eigenvalue weighted by atomic mass is 10.2. The van der Waals surface area contributed by atoms with Crippen molar-refractivity contribution < 1.29 is 9.53 Å². The van der Waals surface area contributed by atoms with Crippen LogP contribution in [0.1, 0.15) is 13.8 Å². The van der Waals surface area contributed by atoms with Gasteiger partial charge in [-0.05, 0) is 20.1 Å². The second-order valence-corrected chi connectivity index (χ2v) is 4.54. The quantitative estimate of drug-likeness (QED) is 0.508. The second-order valence-electron chi connectivity index (χ2n) is 2.76. The second kappa shape index (κ2) is 4.88. The Bertz CT molecular complexity index is 136. The molecule has 0 bridgehead atoms. The summed E-state index contributed by atoms with van der Waals surface area (Å²) in [6.45, 7) is 4.44. The highest BCUT2D eigenvalue weighted by Gasteiger charge is 2.17. The molecule has 11 heavy (non-hydrogen) atoms. The molecule has 0 saturated carbocycles. The third kappa shape index (κ3) is 5.39. The highest BCUT2D eigenvalue weighted by atomic mass is 35.5. The highest BCUT2D eigenvalue weighted by molar-refractivity contribution is 7.99. The van der Waals surface area contributed by atoms with Crippen molar-refractivity contribution in [2.75, 3.05) is 18.7 Å². The van der Waals surface area contributed by atoms with Crippen LogP contribution in [0.25, 0.3) is 0 Å². The van der Waals surface area contributed by atoms with Crippen LogP contribution in [0, 0.1) is 0 Å². The Morgan fingerprint density at radius 1 is 1.64 bits per heavy atom. The summed E-state index contributed by atoms with van der Waals surface area (Å²) in [7, 11) is 0. The van der Waals surface area contributed by atoms with E-state index in [1.807, 2.05) is 20.1 Å². The molecule has 66 valence electrons. The molecule has 0 N–H and O–H groups in total. The Morgan fingerprint density at radius 3 is 2.55 bits per heavy atom. The van der Waals surface area contributed by atoms with E-state index in [9.17, 15) is 4.79 Å². The fourth-order valence-corrected chi connectivity index (χ4v) is 0.606. The molecule has 2 nitrogen and oxygen atoms in total. The van der Waals surface area contributed by atoms with Crippen LogP contribution in [0.15, 0.2) is 0 Å². The number of alkyl halides is 1. The molecule has 0 atom stereocenters. The molecule has 0 saturated heterocycles. The first kappa shape index (κ1) is 11.1. The van der Waals surface area contributed by atoms with Gasteiger partial charge in [0.05, 0.1) is 0 Å². The molecular formula is C7H13ClO2S. The number of ether oxygens (including phenoxy) is 1. The monoisotopic (exact) mass is 196 g/mol. The Morgan fingerprint density at radius 2 is 2.18 bits per heavy atom. The number of halogens is 1. The molecule has 0 fully saturated rings. The lowest BCUT2D eigenvalue weighted by Gasteiger charge is -2.20. The van der Waals surface area contributed by atoms with Gasteiger partial charge >= 0.3 is 5.97 Å². The van der Waals surface area contributed by atoms with Gasteiger partial charge < -0.3 is 4.74 Å². The van der Waals surface area contributed by atoms with Crippen LogP contribution in [0.3, 0.4) is 0 Å². The van der Waals surface area contributed by atoms with Gasteiger partial charge in [-0.1, -0.05) is 0 Å². The maximum absolute atomic E-state index is 10.6. The number of carbonyl (C=O) groups is 1. The molecule has 4 heteroatoms. The van der Waals surface area contributed by atoms with Crippen LogP contribution in [-0.4, -0.2) is 29.5 Å². The van der Waals surface area contributed by atoms with Gasteiger partial charge in [0.2, 0.25) is 0 Å². The minimum atomic E-state index is -0.353. The van der Waals surface area contributed by atoms with E-state index in [-0.39, 0.29) is 16.6 Å². The van der Waals surface area contributed by atoms with E-state index in [0.717, 1.165) is 0 Å². The summed E-state index contributed by atoms with van der Waals surface area (Å²) in [6.07, 6.45) is 1.98. The number of rotatable bonds is 4. The molecule has 0 aliphatic rings. The van der Waals surface area contributed by atoms with Crippen LogP contribution in [-0.2, 0) is 9.53 Å². The number of carbonyl (C=O) groups excluding carboxylic acids is 1. The standard InChI is InChI=1S/C7H13ClO2S/c1-7(2,11-3)5-10-6(9)4-8/h4-5H2,1-3H3. The molecule has 0 aromatic heterocycles. The first-order chi connectivity index (χ1) is 5.02. The summed E-state index contributed by atoms with van der Waals surface area (Å²) in [6, 6.07) is 0. The average Bonchev–Trinajstić information content (AvgIpc) is 2.00. The van der Waals surface area contributed by atoms with Gasteiger partial charge in [-0.2, -0.15) is 11.8 Å². The Kier molecular flexibility index (Phi) is 4.93. The molecule has 0 heterocycles. The number of esters is 1. The lowest BCUT2D eigenvalue weighted by molar-refractivity contribution is -0.141. The van der Waals surface area contributed by atoms with Gasteiger partial charge in [-0.25, -0.2) is 0 Å². The largest absolute Gasteiger partial charge is 0.463 e. The normalized spacial score (nSPS) is 11.3. The minimum absolute atomic E-state index is 0.0122. The summed E-state index contributed by atoms with van der Waals surface area (Å²) in [5, 5.41) is 0. The van der Waals surface area contributed by atoms with E-state index in [2.05, 4.69) is 0 Å². The summed E-state index contributed by atoms with van der Waals surface area (Å²) < 4.78 is 4.84. The zero-order chi connectivity index (χ0) is 8.91. The average molecular weight is 197 g/mol. The van der Waals surface area contributed by atoms with Crippen LogP contribution in [0.4, 0.5) is 0 Å². The molecular weight excluding hydrogens is 184 g/mol. The molecule has 0 aromatic rings. The van der Waals surface area contributed by atoms with Gasteiger partial charge in [0.15, 0.2) is 0 Å². The lowest BCUT2D eigenvalue weighted by Crippen LogP contribution is -2.24. The van der Waals surface area contributed by atoms with Gasteiger partial charge in [0.25, 0.3) is 0 Å². The first-order valence-electron chi connectivity index (χ1n) is 3.28. The third-order valence-electron chi connectivity index (χ3n) is 1.24. The topological polar surface area (TPSA) is 26.3 Å². The zero-order valence-corrected chi connectivity index (χ0v) is 8.59. The van der Waals surface area contributed by atoms with Crippen molar-refractivity contribution in [1.82, 2.24) is 0 Å². The fraction of sp³-hybridized carbons (Fsp3) is 0.857. The van der Waals surface area contributed by atoms with Crippen LogP contribution < -0.4 is 0 Å². The van der Waals surface area contributed by atoms with Crippen molar-refractivity contribution >= 4 is 29.3 Å². The Balaban J connectivity index is 3.61. The third-order valence-corrected chi connectivity index (χ3v) is 2.68. The number of thioether (sulfide) groups is 1. The van der Waals surface area contributed by atoms with Crippen molar-refractivity contribution in [1.29, 1.82) is 0 Å². The predicted molar refractivity (Wildman–Crippen MR) is 49.3 cm³/mol. The maximum atomic E-state index is 10.6. The van der Waals surface area contributed by atoms with E-state index in [1.165, 1.54) is 0 Å². The maximum Gasteiger partial charge on any atom is 0.320 e. The highest BCUT2D eigenvalue weighted by Crippen LogP contribution is 2.20. The summed E-state index contributed by atoms with van der Waals surface area (Å²) in [5.41, 5.74) is 0. The van der Waals surface area contributed by atoms with Crippen LogP contribution in [0.2, 0.25) is 0 Å². The van der Waals surface area contributed by atoms with Gasteiger partial charge in [0.1, 0.15) is 12.5 Å². The van der Waals surface area contributed by atoms with Crippen molar-refractivity contribution in [3.8, 4) is 0 Å². The SMILES string of the molecule is CSC(C)(C)COC(=O)CCl. The molecule has 0 amide bonds. The molecule has 0 aromatic carbocycles. The van der Waals surface area contributed by atoms with E-state index >= 15 is 0 Å². The number of hydrogen-bond donors (Lipinski definition) is 0. The van der Waals surface area contributed by atoms with Crippen LogP contribution >= 0.6 is 23.4 Å². The predicted octanol–water partition coefficient (Wildman–Crippen LogP) is 1.91.